The highest BCUT2D eigenvalue weighted by molar-refractivity contribution is 7.25. The molecule has 4 heteroatoms. The fourth-order valence-corrected chi connectivity index (χ4v) is 7.36. The van der Waals surface area contributed by atoms with E-state index in [4.69, 9.17) is 9.40 Å². The van der Waals surface area contributed by atoms with Gasteiger partial charge in [0.2, 0.25) is 5.89 Å². The largest absolute Gasteiger partial charge is 0.435 e. The van der Waals surface area contributed by atoms with E-state index in [1.165, 1.54) is 31.3 Å². The Kier molecular flexibility index (Phi) is 6.00. The molecule has 0 atom stereocenters. The van der Waals surface area contributed by atoms with Crippen molar-refractivity contribution in [3.05, 3.63) is 158 Å². The summed E-state index contributed by atoms with van der Waals surface area (Å²) in [5, 5.41) is 4.70. The third-order valence-electron chi connectivity index (χ3n) is 8.49. The number of aromatic nitrogens is 1. The molecule has 9 aromatic rings. The molecule has 2 aromatic heterocycles. The number of benzene rings is 7. The topological polar surface area (TPSA) is 29.3 Å². The molecule has 0 saturated carbocycles. The fraction of sp³-hybridized carbons (Fsp3) is 0. The third-order valence-corrected chi connectivity index (χ3v) is 9.64. The quantitative estimate of drug-likeness (QED) is 0.198. The van der Waals surface area contributed by atoms with Gasteiger partial charge in [0.05, 0.1) is 0 Å². The van der Waals surface area contributed by atoms with Gasteiger partial charge in [0.15, 0.2) is 5.58 Å². The summed E-state index contributed by atoms with van der Waals surface area (Å²) in [5.74, 6) is 0.631. The molecule has 7 aromatic carbocycles. The predicted octanol–water partition coefficient (Wildman–Crippen LogP) is 12.2. The lowest BCUT2D eigenvalue weighted by atomic mass is 10.0. The standard InChI is InChI=1S/C41H26N2OS/c1-3-9-27(10-4-1)28-15-19-31(20-16-28)43(33-22-24-39-36(26-33)34-13-7-8-14-38(34)45-39)32-21-17-29-18-23-37-40(35(29)25-32)44-41(42-37)30-11-5-2-6-12-30/h1-26H. The molecule has 0 amide bonds. The number of anilines is 3. The van der Waals surface area contributed by atoms with Crippen LogP contribution in [0.25, 0.3) is 64.6 Å². The highest BCUT2D eigenvalue weighted by Crippen LogP contribution is 2.42. The Morgan fingerprint density at radius 3 is 1.87 bits per heavy atom. The van der Waals surface area contributed by atoms with E-state index in [1.807, 2.05) is 47.7 Å². The molecule has 0 spiro atoms. The Bertz CT molecular complexity index is 2480. The van der Waals surface area contributed by atoms with Gasteiger partial charge >= 0.3 is 0 Å². The molecule has 0 unspecified atom stereocenters. The Labute approximate surface area is 264 Å². The highest BCUT2D eigenvalue weighted by Gasteiger charge is 2.18. The number of nitrogens with zero attached hydrogens (tertiary/aromatic N) is 2. The maximum Gasteiger partial charge on any atom is 0.227 e. The zero-order chi connectivity index (χ0) is 29.7. The fourth-order valence-electron chi connectivity index (χ4n) is 6.27. The molecular formula is C41H26N2OS. The number of oxazole rings is 1. The van der Waals surface area contributed by atoms with Crippen molar-refractivity contribution in [3.63, 3.8) is 0 Å². The summed E-state index contributed by atoms with van der Waals surface area (Å²) in [6.45, 7) is 0. The van der Waals surface area contributed by atoms with Crippen LogP contribution in [0, 0.1) is 0 Å². The Morgan fingerprint density at radius 2 is 1.07 bits per heavy atom. The summed E-state index contributed by atoms with van der Waals surface area (Å²) in [6, 6.07) is 55.7. The normalized spacial score (nSPS) is 11.6. The van der Waals surface area contributed by atoms with Gasteiger partial charge in [0.25, 0.3) is 0 Å². The zero-order valence-electron chi connectivity index (χ0n) is 24.2. The molecule has 0 aliphatic carbocycles. The van der Waals surface area contributed by atoms with E-state index in [-0.39, 0.29) is 0 Å². The van der Waals surface area contributed by atoms with Crippen LogP contribution in [0.3, 0.4) is 0 Å². The predicted molar refractivity (Wildman–Crippen MR) is 190 cm³/mol. The molecule has 2 heterocycles. The second kappa shape index (κ2) is 10.5. The van der Waals surface area contributed by atoms with Crippen LogP contribution in [0.15, 0.2) is 162 Å². The van der Waals surface area contributed by atoms with E-state index < -0.39 is 0 Å². The van der Waals surface area contributed by atoms with E-state index in [0.717, 1.165) is 44.5 Å². The van der Waals surface area contributed by atoms with Crippen molar-refractivity contribution in [2.24, 2.45) is 0 Å². The minimum absolute atomic E-state index is 0.631. The first kappa shape index (κ1) is 25.8. The van der Waals surface area contributed by atoms with E-state index in [1.54, 1.807) is 0 Å². The summed E-state index contributed by atoms with van der Waals surface area (Å²) in [6.07, 6.45) is 0. The van der Waals surface area contributed by atoms with Crippen LogP contribution in [0.5, 0.6) is 0 Å². The lowest BCUT2D eigenvalue weighted by molar-refractivity contribution is 0.623. The summed E-state index contributed by atoms with van der Waals surface area (Å²) in [5.41, 5.74) is 8.25. The van der Waals surface area contributed by atoms with Crippen molar-refractivity contribution in [2.45, 2.75) is 0 Å². The lowest BCUT2D eigenvalue weighted by Gasteiger charge is -2.26. The van der Waals surface area contributed by atoms with Crippen LogP contribution < -0.4 is 4.90 Å². The number of hydrogen-bond donors (Lipinski definition) is 0. The average molecular weight is 595 g/mol. The van der Waals surface area contributed by atoms with Crippen LogP contribution in [0.4, 0.5) is 17.1 Å². The smallest absolute Gasteiger partial charge is 0.227 e. The summed E-state index contributed by atoms with van der Waals surface area (Å²) >= 11 is 1.84. The van der Waals surface area contributed by atoms with Gasteiger partial charge in [0.1, 0.15) is 5.52 Å². The lowest BCUT2D eigenvalue weighted by Crippen LogP contribution is -2.09. The van der Waals surface area contributed by atoms with E-state index in [2.05, 4.69) is 126 Å². The second-order valence-electron chi connectivity index (χ2n) is 11.2. The first-order valence-corrected chi connectivity index (χ1v) is 15.9. The van der Waals surface area contributed by atoms with Crippen molar-refractivity contribution >= 4 is 70.4 Å². The van der Waals surface area contributed by atoms with E-state index in [9.17, 15) is 0 Å². The van der Waals surface area contributed by atoms with Gasteiger partial charge in [-0.1, -0.05) is 91.0 Å². The van der Waals surface area contributed by atoms with Gasteiger partial charge in [-0.05, 0) is 83.2 Å². The molecule has 45 heavy (non-hydrogen) atoms. The second-order valence-corrected chi connectivity index (χ2v) is 12.3. The van der Waals surface area contributed by atoms with E-state index in [0.29, 0.717) is 5.89 Å². The van der Waals surface area contributed by atoms with Gasteiger partial charge in [-0.2, -0.15) is 0 Å². The molecule has 212 valence electrons. The van der Waals surface area contributed by atoms with Gasteiger partial charge < -0.3 is 9.32 Å². The Balaban J connectivity index is 1.23. The molecular weight excluding hydrogens is 569 g/mol. The van der Waals surface area contributed by atoms with Crippen LogP contribution >= 0.6 is 11.3 Å². The minimum Gasteiger partial charge on any atom is -0.435 e. The van der Waals surface area contributed by atoms with Crippen molar-refractivity contribution < 1.29 is 4.42 Å². The molecule has 0 N–H and O–H groups in total. The summed E-state index contributed by atoms with van der Waals surface area (Å²) < 4.78 is 9.03. The number of fused-ring (bicyclic) bond motifs is 6. The molecule has 0 bridgehead atoms. The van der Waals surface area contributed by atoms with Crippen molar-refractivity contribution in [1.82, 2.24) is 4.98 Å². The van der Waals surface area contributed by atoms with Crippen LogP contribution in [-0.4, -0.2) is 4.98 Å². The molecule has 0 aliphatic heterocycles. The highest BCUT2D eigenvalue weighted by atomic mass is 32.1. The minimum atomic E-state index is 0.631. The molecule has 0 aliphatic rings. The molecule has 0 radical (unpaired) electrons. The maximum atomic E-state index is 6.45. The van der Waals surface area contributed by atoms with Gasteiger partial charge in [-0.3, -0.25) is 0 Å². The first-order valence-electron chi connectivity index (χ1n) is 15.0. The first-order chi connectivity index (χ1) is 22.3. The summed E-state index contributed by atoms with van der Waals surface area (Å²) in [7, 11) is 0. The van der Waals surface area contributed by atoms with Crippen LogP contribution in [0.2, 0.25) is 0 Å². The van der Waals surface area contributed by atoms with Crippen molar-refractivity contribution in [1.29, 1.82) is 0 Å². The van der Waals surface area contributed by atoms with Gasteiger partial charge in [-0.15, -0.1) is 11.3 Å². The molecule has 0 fully saturated rings. The SMILES string of the molecule is c1ccc(-c2ccc(N(c3ccc4sc5ccccc5c4c3)c3ccc4ccc5nc(-c6ccccc6)oc5c4c3)cc2)cc1. The number of rotatable bonds is 5. The monoisotopic (exact) mass is 594 g/mol. The summed E-state index contributed by atoms with van der Waals surface area (Å²) in [4.78, 5) is 7.18. The molecule has 0 saturated heterocycles. The van der Waals surface area contributed by atoms with Crippen LogP contribution in [-0.2, 0) is 0 Å². The van der Waals surface area contributed by atoms with Gasteiger partial charge in [0, 0.05) is 48.2 Å². The Morgan fingerprint density at radius 1 is 0.467 bits per heavy atom. The maximum absolute atomic E-state index is 6.45. The van der Waals surface area contributed by atoms with Crippen molar-refractivity contribution in [2.75, 3.05) is 4.90 Å². The van der Waals surface area contributed by atoms with E-state index >= 15 is 0 Å². The zero-order valence-corrected chi connectivity index (χ0v) is 25.0. The van der Waals surface area contributed by atoms with Crippen molar-refractivity contribution in [3.8, 4) is 22.6 Å². The Hall–Kier alpha value is -5.71. The third kappa shape index (κ3) is 4.46. The number of thiophene rings is 1. The molecule has 3 nitrogen and oxygen atoms in total. The molecule has 9 rings (SSSR count). The van der Waals surface area contributed by atoms with Crippen LogP contribution in [0.1, 0.15) is 0 Å². The number of hydrogen-bond acceptors (Lipinski definition) is 4. The van der Waals surface area contributed by atoms with Gasteiger partial charge in [-0.25, -0.2) is 4.98 Å². The average Bonchev–Trinajstić information content (AvgIpc) is 3.72.